The van der Waals surface area contributed by atoms with Gasteiger partial charge in [0, 0.05) is 12.1 Å². The van der Waals surface area contributed by atoms with E-state index < -0.39 is 10.0 Å². The summed E-state index contributed by atoms with van der Waals surface area (Å²) in [4.78, 5) is 10.6. The van der Waals surface area contributed by atoms with Gasteiger partial charge >= 0.3 is 0 Å². The summed E-state index contributed by atoms with van der Waals surface area (Å²) in [5.41, 5.74) is 0.440. The molecule has 7 heteroatoms. The standard InChI is InChI=1S/C14H22N2O4S/c1-3-4-6-13(15-11-17)10-21(18,19)16-12-7-5-8-14(9-12)20-2/h5,7-9,11,13,16H,3-4,6,10H2,1-2H3,(H,15,17). The number of ether oxygens (including phenoxy) is 1. The summed E-state index contributed by atoms with van der Waals surface area (Å²) in [5, 5.41) is 2.56. The summed E-state index contributed by atoms with van der Waals surface area (Å²) in [7, 11) is -2.02. The van der Waals surface area contributed by atoms with E-state index in [1.165, 1.54) is 7.11 Å². The normalized spacial score (nSPS) is 12.5. The predicted molar refractivity (Wildman–Crippen MR) is 82.9 cm³/mol. The molecule has 1 aromatic rings. The average Bonchev–Trinajstić information content (AvgIpc) is 2.44. The van der Waals surface area contributed by atoms with Crippen LogP contribution < -0.4 is 14.8 Å². The van der Waals surface area contributed by atoms with Gasteiger partial charge in [0.1, 0.15) is 5.75 Å². The number of methoxy groups -OCH3 is 1. The van der Waals surface area contributed by atoms with Crippen LogP contribution in [0.3, 0.4) is 0 Å². The number of hydrogen-bond donors (Lipinski definition) is 2. The van der Waals surface area contributed by atoms with Crippen molar-refractivity contribution in [2.45, 2.75) is 32.2 Å². The molecule has 0 radical (unpaired) electrons. The van der Waals surface area contributed by atoms with E-state index in [0.717, 1.165) is 12.8 Å². The van der Waals surface area contributed by atoms with Crippen molar-refractivity contribution in [2.75, 3.05) is 17.6 Å². The fourth-order valence-electron chi connectivity index (χ4n) is 1.93. The highest BCUT2D eigenvalue weighted by molar-refractivity contribution is 7.92. The van der Waals surface area contributed by atoms with Gasteiger partial charge in [-0.25, -0.2) is 8.42 Å². The summed E-state index contributed by atoms with van der Waals surface area (Å²) in [6.07, 6.45) is 2.98. The molecule has 1 unspecified atom stereocenters. The van der Waals surface area contributed by atoms with Gasteiger partial charge in [-0.15, -0.1) is 0 Å². The molecule has 0 saturated heterocycles. The molecule has 1 rings (SSSR count). The fourth-order valence-corrected chi connectivity index (χ4v) is 3.30. The summed E-state index contributed by atoms with van der Waals surface area (Å²) < 4.78 is 31.8. The summed E-state index contributed by atoms with van der Waals surface area (Å²) in [5.74, 6) is 0.423. The Bertz CT molecular complexity index is 546. The van der Waals surface area contributed by atoms with Crippen molar-refractivity contribution in [3.63, 3.8) is 0 Å². The van der Waals surface area contributed by atoms with Gasteiger partial charge in [0.15, 0.2) is 0 Å². The van der Waals surface area contributed by atoms with Gasteiger partial charge in [0.2, 0.25) is 16.4 Å². The second-order valence-corrected chi connectivity index (χ2v) is 6.51. The van der Waals surface area contributed by atoms with Crippen LogP contribution in [0.15, 0.2) is 24.3 Å². The number of unbranched alkanes of at least 4 members (excludes halogenated alkanes) is 1. The second kappa shape index (κ2) is 8.51. The second-order valence-electron chi connectivity index (χ2n) is 4.74. The van der Waals surface area contributed by atoms with Crippen LogP contribution in [0, 0.1) is 0 Å². The molecule has 1 atom stereocenters. The fraction of sp³-hybridized carbons (Fsp3) is 0.500. The number of carbonyl (C=O) groups excluding carboxylic acids is 1. The van der Waals surface area contributed by atoms with Crippen molar-refractivity contribution in [3.8, 4) is 5.75 Å². The number of rotatable bonds is 10. The van der Waals surface area contributed by atoms with Crippen LogP contribution in [0.1, 0.15) is 26.2 Å². The van der Waals surface area contributed by atoms with E-state index in [4.69, 9.17) is 4.74 Å². The zero-order chi connectivity index (χ0) is 15.7. The number of carbonyl (C=O) groups is 1. The van der Waals surface area contributed by atoms with Gasteiger partial charge in [-0.3, -0.25) is 9.52 Å². The zero-order valence-corrected chi connectivity index (χ0v) is 13.2. The Balaban J connectivity index is 2.72. The first-order valence-corrected chi connectivity index (χ1v) is 8.50. The number of benzene rings is 1. The van der Waals surface area contributed by atoms with Gasteiger partial charge < -0.3 is 10.1 Å². The number of amides is 1. The molecule has 21 heavy (non-hydrogen) atoms. The Morgan fingerprint density at radius 3 is 2.76 bits per heavy atom. The largest absolute Gasteiger partial charge is 0.497 e. The van der Waals surface area contributed by atoms with Crippen molar-refractivity contribution >= 4 is 22.1 Å². The number of sulfonamides is 1. The molecule has 1 amide bonds. The van der Waals surface area contributed by atoms with E-state index >= 15 is 0 Å². The Morgan fingerprint density at radius 2 is 2.14 bits per heavy atom. The third-order valence-electron chi connectivity index (χ3n) is 2.97. The molecule has 0 aliphatic rings. The third kappa shape index (κ3) is 6.48. The Hall–Kier alpha value is -1.76. The minimum atomic E-state index is -3.54. The first-order chi connectivity index (χ1) is 10.0. The highest BCUT2D eigenvalue weighted by Gasteiger charge is 2.18. The predicted octanol–water partition coefficient (Wildman–Crippen LogP) is 1.74. The third-order valence-corrected chi connectivity index (χ3v) is 4.36. The molecule has 0 bridgehead atoms. The number of hydrogen-bond acceptors (Lipinski definition) is 4. The van der Waals surface area contributed by atoms with E-state index in [1.54, 1.807) is 24.3 Å². The van der Waals surface area contributed by atoms with Crippen molar-refractivity contribution in [2.24, 2.45) is 0 Å². The number of nitrogens with one attached hydrogen (secondary N) is 2. The monoisotopic (exact) mass is 314 g/mol. The van der Waals surface area contributed by atoms with E-state index in [9.17, 15) is 13.2 Å². The van der Waals surface area contributed by atoms with Crippen LogP contribution in [-0.2, 0) is 14.8 Å². The van der Waals surface area contributed by atoms with Gasteiger partial charge in [-0.2, -0.15) is 0 Å². The smallest absolute Gasteiger partial charge is 0.234 e. The van der Waals surface area contributed by atoms with Crippen molar-refractivity contribution in [1.82, 2.24) is 5.32 Å². The van der Waals surface area contributed by atoms with Crippen molar-refractivity contribution in [3.05, 3.63) is 24.3 Å². The molecule has 0 aromatic heterocycles. The Morgan fingerprint density at radius 1 is 1.38 bits per heavy atom. The van der Waals surface area contributed by atoms with Crippen LogP contribution in [0.4, 0.5) is 5.69 Å². The Kier molecular flexibility index (Phi) is 7.01. The highest BCUT2D eigenvalue weighted by atomic mass is 32.2. The molecular formula is C14H22N2O4S. The molecule has 0 spiro atoms. The zero-order valence-electron chi connectivity index (χ0n) is 12.3. The van der Waals surface area contributed by atoms with Crippen LogP contribution in [0.5, 0.6) is 5.75 Å². The molecule has 0 aliphatic carbocycles. The average molecular weight is 314 g/mol. The van der Waals surface area contributed by atoms with Crippen molar-refractivity contribution < 1.29 is 17.9 Å². The maximum atomic E-state index is 12.1. The van der Waals surface area contributed by atoms with E-state index in [0.29, 0.717) is 24.3 Å². The minimum absolute atomic E-state index is 0.150. The molecule has 1 aromatic carbocycles. The highest BCUT2D eigenvalue weighted by Crippen LogP contribution is 2.18. The van der Waals surface area contributed by atoms with Crippen LogP contribution in [0.25, 0.3) is 0 Å². The molecular weight excluding hydrogens is 292 g/mol. The SMILES string of the molecule is CCCCC(CS(=O)(=O)Nc1cccc(OC)c1)NC=O. The molecule has 0 saturated carbocycles. The van der Waals surface area contributed by atoms with E-state index in [1.807, 2.05) is 6.92 Å². The molecule has 6 nitrogen and oxygen atoms in total. The molecule has 2 N–H and O–H groups in total. The summed E-state index contributed by atoms with van der Waals surface area (Å²) >= 11 is 0. The topological polar surface area (TPSA) is 84.5 Å². The van der Waals surface area contributed by atoms with Crippen molar-refractivity contribution in [1.29, 1.82) is 0 Å². The lowest BCUT2D eigenvalue weighted by Crippen LogP contribution is -2.36. The first-order valence-electron chi connectivity index (χ1n) is 6.85. The summed E-state index contributed by atoms with van der Waals surface area (Å²) in [6.45, 7) is 2.01. The maximum absolute atomic E-state index is 12.1. The van der Waals surface area contributed by atoms with Gasteiger partial charge in [-0.05, 0) is 18.6 Å². The molecule has 0 aliphatic heterocycles. The van der Waals surface area contributed by atoms with Gasteiger partial charge in [0.25, 0.3) is 0 Å². The lowest BCUT2D eigenvalue weighted by atomic mass is 10.1. The molecule has 0 fully saturated rings. The van der Waals surface area contributed by atoms with Crippen LogP contribution >= 0.6 is 0 Å². The maximum Gasteiger partial charge on any atom is 0.234 e. The van der Waals surface area contributed by atoms with E-state index in [2.05, 4.69) is 10.0 Å². The first kappa shape index (κ1) is 17.3. The van der Waals surface area contributed by atoms with Crippen LogP contribution in [0.2, 0.25) is 0 Å². The lowest BCUT2D eigenvalue weighted by Gasteiger charge is -2.17. The van der Waals surface area contributed by atoms with Crippen LogP contribution in [-0.4, -0.2) is 33.7 Å². The van der Waals surface area contributed by atoms with E-state index in [-0.39, 0.29) is 11.8 Å². The summed E-state index contributed by atoms with van der Waals surface area (Å²) in [6, 6.07) is 6.30. The lowest BCUT2D eigenvalue weighted by molar-refractivity contribution is -0.110. The number of anilines is 1. The molecule has 118 valence electrons. The van der Waals surface area contributed by atoms with Gasteiger partial charge in [-0.1, -0.05) is 25.8 Å². The Labute approximate surface area is 125 Å². The van der Waals surface area contributed by atoms with Gasteiger partial charge in [0.05, 0.1) is 18.6 Å². The quantitative estimate of drug-likeness (QED) is 0.644. The molecule has 0 heterocycles. The minimum Gasteiger partial charge on any atom is -0.497 e.